The maximum Gasteiger partial charge on any atom is 0.438 e. The monoisotopic (exact) mass is 968 g/mol. The number of hydrogen-bond acceptors (Lipinski definition) is 18. The molecule has 0 fully saturated rings. The highest BCUT2D eigenvalue weighted by Crippen LogP contribution is 2.38. The van der Waals surface area contributed by atoms with E-state index in [-0.39, 0.29) is 37.8 Å². The molecule has 5 aromatic heterocycles. The van der Waals surface area contributed by atoms with E-state index < -0.39 is 23.5 Å². The van der Waals surface area contributed by atoms with Crippen LogP contribution in [-0.2, 0) is 43.1 Å². The summed E-state index contributed by atoms with van der Waals surface area (Å²) in [5.41, 5.74) is 3.97. The summed E-state index contributed by atoms with van der Waals surface area (Å²) in [5.74, 6) is 2.20. The van der Waals surface area contributed by atoms with E-state index in [9.17, 15) is 27.6 Å². The fourth-order valence-corrected chi connectivity index (χ4v) is 9.77. The van der Waals surface area contributed by atoms with Crippen molar-refractivity contribution in [2.75, 3.05) is 13.2 Å². The first-order valence-electron chi connectivity index (χ1n) is 18.9. The summed E-state index contributed by atoms with van der Waals surface area (Å²) in [6.07, 6.45) is -2.10. The van der Waals surface area contributed by atoms with Crippen LogP contribution in [0.3, 0.4) is 0 Å². The molecule has 2 N–H and O–H groups in total. The molecule has 0 atom stereocenters. The number of amidine groups is 1. The normalized spacial score (nSPS) is 13.7. The third-order valence-electron chi connectivity index (χ3n) is 8.20. The third kappa shape index (κ3) is 15.0. The summed E-state index contributed by atoms with van der Waals surface area (Å²) in [5, 5.41) is 10.7. The molecule has 3 aliphatic heterocycles. The molecule has 0 spiro atoms. The molecular formula is C42H51F3N6O9S4. The number of H-pyrrole nitrogens is 1. The largest absolute Gasteiger partial charge is 0.493 e. The first kappa shape index (κ1) is 52.8. The quantitative estimate of drug-likeness (QED) is 0.120. The second-order valence-electron chi connectivity index (χ2n) is 13.4. The summed E-state index contributed by atoms with van der Waals surface area (Å²) in [6, 6.07) is 7.21. The van der Waals surface area contributed by atoms with Crippen LogP contribution < -0.4 is 20.7 Å². The van der Waals surface area contributed by atoms with Gasteiger partial charge in [-0.2, -0.15) is 18.2 Å². The number of aromatic amines is 1. The van der Waals surface area contributed by atoms with Crippen molar-refractivity contribution in [1.82, 2.24) is 15.6 Å². The van der Waals surface area contributed by atoms with Crippen LogP contribution in [0, 0.1) is 34.6 Å². The number of nitrogens with zero attached hydrogens (tertiary/aromatic N) is 4. The average Bonchev–Trinajstić information content (AvgIpc) is 4.06. The number of carbonyl (C=O) groups is 2. The highest BCUT2D eigenvalue weighted by molar-refractivity contribution is 7.14. The van der Waals surface area contributed by atoms with Gasteiger partial charge in [-0.15, -0.1) is 45.3 Å². The number of aryl methyl sites for hydroxylation is 6. The Hall–Kier alpha value is -5.58. The topological polar surface area (TPSA) is 188 Å². The Morgan fingerprint density at radius 2 is 1.28 bits per heavy atom. The molecule has 0 unspecified atom stereocenters. The van der Waals surface area contributed by atoms with E-state index >= 15 is 0 Å². The van der Waals surface area contributed by atoms with Crippen LogP contribution >= 0.6 is 45.3 Å². The van der Waals surface area contributed by atoms with Crippen LogP contribution in [0.4, 0.5) is 13.2 Å². The van der Waals surface area contributed by atoms with E-state index in [4.69, 9.17) is 14.3 Å². The standard InChI is InChI=1S/C12H16N2O2S.C10H12N2O3S.C9H6F3NO2S.C9H9NO2S.2CH4/c1-4-15-10-7-8(2)17-11(10)5-6-12-13-9(3)16-14-12;1-3-14-7-4-6(2)16-8(7)5-9-11-10(13)15-12-9;1-4-2-5(9(10,11)12)8(16-4)6-3-7(14)15-13-6;1-5-3-6(2)13-9(5)7-4-8(11)12-10-7;;/h7H,3-6H2,1-2H3,(H,13,14);4H,3,5H2,1-2H3,(H,11,12,13);2H,3H2,1H3;3H,4H2,1-2H3;2*1H4. The lowest BCUT2D eigenvalue weighted by Crippen LogP contribution is -2.16. The van der Waals surface area contributed by atoms with Crippen molar-refractivity contribution in [2.45, 2.75) is 102 Å². The fourth-order valence-electron chi connectivity index (χ4n) is 5.80. The van der Waals surface area contributed by atoms with E-state index in [0.717, 1.165) is 63.0 Å². The molecule has 0 radical (unpaired) electrons. The molecule has 5 aromatic rings. The number of oxime groups is 2. The highest BCUT2D eigenvalue weighted by Gasteiger charge is 2.38. The Labute approximate surface area is 384 Å². The van der Waals surface area contributed by atoms with E-state index in [2.05, 4.69) is 70.8 Å². The van der Waals surface area contributed by atoms with Crippen molar-refractivity contribution in [2.24, 2.45) is 15.3 Å². The Morgan fingerprint density at radius 3 is 1.75 bits per heavy atom. The van der Waals surface area contributed by atoms with E-state index in [1.54, 1.807) is 40.9 Å². The minimum absolute atomic E-state index is 0. The Bertz CT molecular complexity index is 2540. The Morgan fingerprint density at radius 1 is 0.750 bits per heavy atom. The van der Waals surface area contributed by atoms with Crippen molar-refractivity contribution < 1.29 is 51.3 Å². The van der Waals surface area contributed by atoms with Gasteiger partial charge in [-0.25, -0.2) is 19.9 Å². The van der Waals surface area contributed by atoms with Gasteiger partial charge in [-0.05, 0) is 91.3 Å². The third-order valence-corrected chi connectivity index (χ3v) is 12.6. The predicted molar refractivity (Wildman–Crippen MR) is 245 cm³/mol. The van der Waals surface area contributed by atoms with Gasteiger partial charge in [0.05, 0.1) is 46.3 Å². The van der Waals surface area contributed by atoms with Gasteiger partial charge in [-0.3, -0.25) is 9.51 Å². The first-order chi connectivity index (χ1) is 29.4. The molecule has 0 saturated carbocycles. The zero-order valence-electron chi connectivity index (χ0n) is 34.7. The number of rotatable bonds is 11. The van der Waals surface area contributed by atoms with Crippen LogP contribution in [0.5, 0.6) is 11.5 Å². The zero-order valence-corrected chi connectivity index (χ0v) is 38.0. The highest BCUT2D eigenvalue weighted by atomic mass is 32.1. The molecule has 8 rings (SSSR count). The van der Waals surface area contributed by atoms with Gasteiger partial charge in [0.15, 0.2) is 5.82 Å². The second-order valence-corrected chi connectivity index (χ2v) is 18.5. The molecule has 0 aromatic carbocycles. The van der Waals surface area contributed by atoms with Gasteiger partial charge in [0.2, 0.25) is 5.88 Å². The molecule has 348 valence electrons. The molecular weight excluding hydrogens is 918 g/mol. The van der Waals surface area contributed by atoms with Crippen LogP contribution in [-0.4, -0.2) is 52.6 Å². The summed E-state index contributed by atoms with van der Waals surface area (Å²) in [6.45, 7) is 18.6. The van der Waals surface area contributed by atoms with Crippen LogP contribution in [0.25, 0.3) is 0 Å². The van der Waals surface area contributed by atoms with Gasteiger partial charge in [0.25, 0.3) is 0 Å². The maximum absolute atomic E-state index is 12.6. The lowest BCUT2D eigenvalue weighted by molar-refractivity contribution is -0.140. The molecule has 0 bridgehead atoms. The van der Waals surface area contributed by atoms with Gasteiger partial charge >= 0.3 is 23.9 Å². The van der Waals surface area contributed by atoms with Crippen molar-refractivity contribution in [3.63, 3.8) is 0 Å². The number of hydrogen-bond donors (Lipinski definition) is 2. The number of nitrogens with one attached hydrogen (secondary N) is 2. The Kier molecular flexibility index (Phi) is 19.7. The number of thiophene rings is 4. The van der Waals surface area contributed by atoms with E-state index in [1.165, 1.54) is 25.1 Å². The van der Waals surface area contributed by atoms with E-state index in [0.29, 0.717) is 42.6 Å². The molecule has 0 amide bonds. The molecule has 3 aliphatic rings. The minimum Gasteiger partial charge on any atom is -0.493 e. The van der Waals surface area contributed by atoms with Crippen LogP contribution in [0.2, 0.25) is 0 Å². The molecule has 15 nitrogen and oxygen atoms in total. The van der Waals surface area contributed by atoms with Crippen molar-refractivity contribution >= 4 is 74.5 Å². The Balaban J connectivity index is 0.000000225. The lowest BCUT2D eigenvalue weighted by atomic mass is 10.1. The maximum atomic E-state index is 12.6. The van der Waals surface area contributed by atoms with Gasteiger partial charge in [-0.1, -0.05) is 30.3 Å². The second kappa shape index (κ2) is 23.9. The number of alkyl halides is 3. The summed E-state index contributed by atoms with van der Waals surface area (Å²) in [4.78, 5) is 60.4. The van der Waals surface area contributed by atoms with E-state index in [1.807, 2.05) is 40.7 Å². The first-order valence-corrected chi connectivity index (χ1v) is 22.2. The van der Waals surface area contributed by atoms with Crippen molar-refractivity contribution in [3.05, 3.63) is 103 Å². The minimum atomic E-state index is -4.44. The van der Waals surface area contributed by atoms with Gasteiger partial charge in [0, 0.05) is 37.2 Å². The van der Waals surface area contributed by atoms with Crippen molar-refractivity contribution in [3.8, 4) is 11.5 Å². The lowest BCUT2D eigenvalue weighted by Gasteiger charge is -2.05. The van der Waals surface area contributed by atoms with Crippen LogP contribution in [0.15, 0.2) is 61.3 Å². The van der Waals surface area contributed by atoms with Gasteiger partial charge in [0.1, 0.15) is 28.8 Å². The molecule has 22 heteroatoms. The summed E-state index contributed by atoms with van der Waals surface area (Å²) in [7, 11) is 0. The number of carbonyl (C=O) groups excluding carboxylic acids is 2. The number of halogens is 3. The average molecular weight is 969 g/mol. The summed E-state index contributed by atoms with van der Waals surface area (Å²) >= 11 is 6.01. The van der Waals surface area contributed by atoms with Gasteiger partial charge < -0.3 is 24.0 Å². The molecule has 0 saturated heterocycles. The molecule has 64 heavy (non-hydrogen) atoms. The number of aliphatic imine (C=N–C) groups is 1. The van der Waals surface area contributed by atoms with Crippen molar-refractivity contribution in [1.29, 1.82) is 0 Å². The number of hydroxylamine groups is 1. The fraction of sp³-hybridized carbons (Fsp3) is 0.405. The van der Waals surface area contributed by atoms with Crippen LogP contribution in [0.1, 0.15) is 104 Å². The predicted octanol–water partition coefficient (Wildman–Crippen LogP) is 10.5. The SMILES string of the molecule is C.C.C=C1N=C(CCc2sc(C)cc2OCC)NO1.CCOc1cc(C)sc1Cc1noc(=O)[nH]1.Cc1cc(C(F)(F)F)c(C2=NOC(=O)C2)s1.Cc1cc(C)c(C2=NOC(=O)C2)s1. The summed E-state index contributed by atoms with van der Waals surface area (Å²) < 4.78 is 53.5. The number of aromatic nitrogens is 2. The zero-order chi connectivity index (χ0) is 45.1. The molecule has 8 heterocycles. The number of ether oxygens (including phenoxy) is 2. The smallest absolute Gasteiger partial charge is 0.438 e. The molecule has 0 aliphatic carbocycles.